The van der Waals surface area contributed by atoms with Crippen molar-refractivity contribution in [3.63, 3.8) is 0 Å². The normalized spacial score (nSPS) is 15.0. The Morgan fingerprint density at radius 2 is 1.63 bits per heavy atom. The van der Waals surface area contributed by atoms with Gasteiger partial charge >= 0.3 is 0 Å². The minimum absolute atomic E-state index is 0.0416. The van der Waals surface area contributed by atoms with E-state index in [9.17, 15) is 4.79 Å². The molecule has 3 rings (SSSR count). The summed E-state index contributed by atoms with van der Waals surface area (Å²) in [4.78, 5) is 16.9. The molecule has 1 aliphatic rings. The van der Waals surface area contributed by atoms with Crippen molar-refractivity contribution in [2.24, 2.45) is 0 Å². The van der Waals surface area contributed by atoms with E-state index in [1.165, 1.54) is 0 Å². The number of amides is 1. The second-order valence-electron chi connectivity index (χ2n) is 6.75. The molecule has 1 fully saturated rings. The number of benzene rings is 2. The Kier molecular flexibility index (Phi) is 7.39. The van der Waals surface area contributed by atoms with Crippen LogP contribution >= 0.6 is 23.2 Å². The molecule has 1 N–H and O–H groups in total. The second-order valence-corrected chi connectivity index (χ2v) is 7.59. The predicted molar refractivity (Wildman–Crippen MR) is 113 cm³/mol. The maximum absolute atomic E-state index is 12.0. The minimum atomic E-state index is -0.0416. The fourth-order valence-electron chi connectivity index (χ4n) is 3.29. The first-order valence-electron chi connectivity index (χ1n) is 9.39. The minimum Gasteiger partial charge on any atom is -0.368 e. The molecule has 2 aromatic rings. The van der Waals surface area contributed by atoms with Crippen LogP contribution in [-0.4, -0.2) is 50.1 Å². The zero-order valence-electron chi connectivity index (χ0n) is 15.3. The molecule has 0 aromatic heterocycles. The molecule has 0 spiro atoms. The maximum Gasteiger partial charge on any atom is 0.251 e. The monoisotopic (exact) mass is 405 g/mol. The van der Waals surface area contributed by atoms with Gasteiger partial charge in [0.05, 0.1) is 10.7 Å². The summed E-state index contributed by atoms with van der Waals surface area (Å²) < 4.78 is 0. The Morgan fingerprint density at radius 3 is 2.33 bits per heavy atom. The number of rotatable bonds is 7. The third-order valence-corrected chi connectivity index (χ3v) is 5.43. The standard InChI is InChI=1S/C21H25Cl2N3O/c22-18-9-7-17(8-10-18)21(27)24-11-3-4-12-25-13-15-26(16-14-25)20-6-2-1-5-19(20)23/h1-2,5-10H,3-4,11-16H2,(H,24,27). The summed E-state index contributed by atoms with van der Waals surface area (Å²) in [5.41, 5.74) is 1.78. The number of carbonyl (C=O) groups excluding carboxylic acids is 1. The van der Waals surface area contributed by atoms with E-state index in [0.29, 0.717) is 17.1 Å². The van der Waals surface area contributed by atoms with Gasteiger partial charge in [0.2, 0.25) is 0 Å². The number of hydrogen-bond acceptors (Lipinski definition) is 3. The lowest BCUT2D eigenvalue weighted by Gasteiger charge is -2.36. The van der Waals surface area contributed by atoms with Gasteiger partial charge in [-0.2, -0.15) is 0 Å². The van der Waals surface area contributed by atoms with Gasteiger partial charge in [0.15, 0.2) is 0 Å². The molecule has 0 saturated carbocycles. The molecule has 0 bridgehead atoms. The molecule has 1 aliphatic heterocycles. The average molecular weight is 406 g/mol. The zero-order valence-corrected chi connectivity index (χ0v) is 16.8. The van der Waals surface area contributed by atoms with Crippen LogP contribution in [0.15, 0.2) is 48.5 Å². The van der Waals surface area contributed by atoms with Crippen LogP contribution in [0.5, 0.6) is 0 Å². The van der Waals surface area contributed by atoms with Crippen LogP contribution in [0.2, 0.25) is 10.0 Å². The topological polar surface area (TPSA) is 35.6 Å². The molecule has 1 saturated heterocycles. The lowest BCUT2D eigenvalue weighted by Crippen LogP contribution is -2.46. The van der Waals surface area contributed by atoms with Crippen molar-refractivity contribution in [3.8, 4) is 0 Å². The van der Waals surface area contributed by atoms with Gasteiger partial charge in [-0.05, 0) is 55.8 Å². The molecule has 144 valence electrons. The highest BCUT2D eigenvalue weighted by Gasteiger charge is 2.18. The number of nitrogens with zero attached hydrogens (tertiary/aromatic N) is 2. The lowest BCUT2D eigenvalue weighted by atomic mass is 10.2. The summed E-state index contributed by atoms with van der Waals surface area (Å²) in [7, 11) is 0. The number of carbonyl (C=O) groups is 1. The Balaban J connectivity index is 1.31. The predicted octanol–water partition coefficient (Wildman–Crippen LogP) is 4.33. The molecule has 1 amide bonds. The van der Waals surface area contributed by atoms with E-state index < -0.39 is 0 Å². The molecule has 0 aliphatic carbocycles. The number of nitrogens with one attached hydrogen (secondary N) is 1. The molecule has 0 unspecified atom stereocenters. The summed E-state index contributed by atoms with van der Waals surface area (Å²) in [6.07, 6.45) is 2.05. The number of anilines is 1. The fourth-order valence-corrected chi connectivity index (χ4v) is 3.67. The van der Waals surface area contributed by atoms with E-state index in [2.05, 4.69) is 21.2 Å². The molecule has 6 heteroatoms. The Labute approximate surface area is 171 Å². The highest BCUT2D eigenvalue weighted by molar-refractivity contribution is 6.33. The van der Waals surface area contributed by atoms with E-state index in [4.69, 9.17) is 23.2 Å². The van der Waals surface area contributed by atoms with Crippen molar-refractivity contribution in [1.29, 1.82) is 0 Å². The van der Waals surface area contributed by atoms with Crippen molar-refractivity contribution in [2.75, 3.05) is 44.2 Å². The maximum atomic E-state index is 12.0. The number of piperazine rings is 1. The molecule has 27 heavy (non-hydrogen) atoms. The number of unbranched alkanes of at least 4 members (excludes halogenated alkanes) is 1. The van der Waals surface area contributed by atoms with Crippen molar-refractivity contribution < 1.29 is 4.79 Å². The lowest BCUT2D eigenvalue weighted by molar-refractivity contribution is 0.0952. The first-order valence-corrected chi connectivity index (χ1v) is 10.1. The van der Waals surface area contributed by atoms with Gasteiger partial charge in [-0.25, -0.2) is 0 Å². The highest BCUT2D eigenvalue weighted by atomic mass is 35.5. The van der Waals surface area contributed by atoms with E-state index in [0.717, 1.165) is 56.3 Å². The van der Waals surface area contributed by atoms with Gasteiger partial charge in [0, 0.05) is 43.3 Å². The van der Waals surface area contributed by atoms with E-state index in [-0.39, 0.29) is 5.91 Å². The summed E-state index contributed by atoms with van der Waals surface area (Å²) in [5, 5.41) is 4.43. The molecular weight excluding hydrogens is 381 g/mol. The molecule has 1 heterocycles. The second kappa shape index (κ2) is 9.98. The Bertz CT molecular complexity index is 743. The largest absolute Gasteiger partial charge is 0.368 e. The SMILES string of the molecule is O=C(NCCCCN1CCN(c2ccccc2Cl)CC1)c1ccc(Cl)cc1. The quantitative estimate of drug-likeness (QED) is 0.696. The smallest absolute Gasteiger partial charge is 0.251 e. The van der Waals surface area contributed by atoms with Gasteiger partial charge in [-0.1, -0.05) is 35.3 Å². The Morgan fingerprint density at radius 1 is 0.926 bits per heavy atom. The molecule has 2 aromatic carbocycles. The van der Waals surface area contributed by atoms with Crippen molar-refractivity contribution in [3.05, 3.63) is 64.1 Å². The van der Waals surface area contributed by atoms with Crippen molar-refractivity contribution in [2.45, 2.75) is 12.8 Å². The van der Waals surface area contributed by atoms with Crippen LogP contribution in [0.3, 0.4) is 0 Å². The van der Waals surface area contributed by atoms with Crippen molar-refractivity contribution in [1.82, 2.24) is 10.2 Å². The van der Waals surface area contributed by atoms with Gasteiger partial charge in [-0.3, -0.25) is 9.69 Å². The molecular formula is C21H25Cl2N3O. The number of hydrogen-bond donors (Lipinski definition) is 1. The first-order chi connectivity index (χ1) is 13.1. The van der Waals surface area contributed by atoms with E-state index in [1.54, 1.807) is 24.3 Å². The summed E-state index contributed by atoms with van der Waals surface area (Å²) in [6, 6.07) is 15.0. The van der Waals surface area contributed by atoms with Crippen LogP contribution in [0.1, 0.15) is 23.2 Å². The molecule has 0 atom stereocenters. The van der Waals surface area contributed by atoms with Gasteiger partial charge in [0.1, 0.15) is 0 Å². The van der Waals surface area contributed by atoms with Crippen molar-refractivity contribution >= 4 is 34.8 Å². The van der Waals surface area contributed by atoms with Crippen LogP contribution in [0.4, 0.5) is 5.69 Å². The molecule has 0 radical (unpaired) electrons. The third kappa shape index (κ3) is 5.86. The van der Waals surface area contributed by atoms with E-state index in [1.807, 2.05) is 18.2 Å². The van der Waals surface area contributed by atoms with Gasteiger partial charge in [0.25, 0.3) is 5.91 Å². The van der Waals surface area contributed by atoms with Gasteiger partial charge in [-0.15, -0.1) is 0 Å². The average Bonchev–Trinajstić information content (AvgIpc) is 2.69. The third-order valence-electron chi connectivity index (χ3n) is 4.86. The summed E-state index contributed by atoms with van der Waals surface area (Å²) in [6.45, 7) is 5.84. The molecule has 4 nitrogen and oxygen atoms in total. The van der Waals surface area contributed by atoms with E-state index >= 15 is 0 Å². The van der Waals surface area contributed by atoms with Crippen LogP contribution in [0, 0.1) is 0 Å². The summed E-state index contributed by atoms with van der Waals surface area (Å²) in [5.74, 6) is -0.0416. The van der Waals surface area contributed by atoms with Crippen LogP contribution in [-0.2, 0) is 0 Å². The Hall–Kier alpha value is -1.75. The highest BCUT2D eigenvalue weighted by Crippen LogP contribution is 2.26. The number of para-hydroxylation sites is 1. The first kappa shape index (κ1) is 20.0. The van der Waals surface area contributed by atoms with Crippen LogP contribution < -0.4 is 10.2 Å². The van der Waals surface area contributed by atoms with Crippen LogP contribution in [0.25, 0.3) is 0 Å². The zero-order chi connectivity index (χ0) is 19.1. The number of halogens is 2. The fraction of sp³-hybridized carbons (Fsp3) is 0.381. The van der Waals surface area contributed by atoms with Gasteiger partial charge < -0.3 is 10.2 Å². The summed E-state index contributed by atoms with van der Waals surface area (Å²) >= 11 is 12.1.